The Hall–Kier alpha value is -3.94. The van der Waals surface area contributed by atoms with Crippen molar-refractivity contribution in [3.05, 3.63) is 123 Å². The van der Waals surface area contributed by atoms with E-state index in [9.17, 15) is 4.79 Å². The first kappa shape index (κ1) is 23.5. The summed E-state index contributed by atoms with van der Waals surface area (Å²) in [6, 6.07) is 25.5. The molecule has 0 saturated carbocycles. The highest BCUT2D eigenvalue weighted by molar-refractivity contribution is 9.10. The van der Waals surface area contributed by atoms with E-state index in [0.717, 1.165) is 37.8 Å². The van der Waals surface area contributed by atoms with Gasteiger partial charge in [-0.2, -0.15) is 0 Å². The summed E-state index contributed by atoms with van der Waals surface area (Å²) in [5.74, 6) is 1.38. The Kier molecular flexibility index (Phi) is 6.24. The molecule has 3 heterocycles. The zero-order valence-electron chi connectivity index (χ0n) is 20.1. The highest BCUT2D eigenvalue weighted by atomic mass is 79.9. The smallest absolute Gasteiger partial charge is 0.259 e. The van der Waals surface area contributed by atoms with Crippen LogP contribution in [-0.4, -0.2) is 23.5 Å². The third kappa shape index (κ3) is 4.30. The molecule has 0 bridgehead atoms. The zero-order chi connectivity index (χ0) is 25.4. The first-order valence-corrected chi connectivity index (χ1v) is 12.7. The van der Waals surface area contributed by atoms with Crippen molar-refractivity contribution in [2.75, 3.05) is 13.9 Å². The standard InChI is InChI=1S/C30H23BrN2O4/c1-35-29(21-11-13-32-14-12-21)28-27(20-5-3-2-4-6-20)24-16-22(31)8-9-23(24)30(34)33(28)17-19-7-10-25-26(15-19)37-18-36-25/h2-16,29H,17-18H2,1H3. The van der Waals surface area contributed by atoms with E-state index < -0.39 is 6.10 Å². The van der Waals surface area contributed by atoms with Crippen LogP contribution in [0.15, 0.2) is 101 Å². The second-order valence-corrected chi connectivity index (χ2v) is 9.71. The lowest BCUT2D eigenvalue weighted by Crippen LogP contribution is -2.28. The van der Waals surface area contributed by atoms with Crippen molar-refractivity contribution in [3.63, 3.8) is 0 Å². The maximum absolute atomic E-state index is 14.2. The third-order valence-electron chi connectivity index (χ3n) is 6.61. The molecule has 0 radical (unpaired) electrons. The maximum Gasteiger partial charge on any atom is 0.259 e. The van der Waals surface area contributed by atoms with Gasteiger partial charge < -0.3 is 18.8 Å². The molecule has 1 unspecified atom stereocenters. The molecular formula is C30H23BrN2O4. The van der Waals surface area contributed by atoms with Crippen LogP contribution in [0.4, 0.5) is 0 Å². The van der Waals surface area contributed by atoms with Crippen molar-refractivity contribution in [2.24, 2.45) is 0 Å². The van der Waals surface area contributed by atoms with Gasteiger partial charge in [0.1, 0.15) is 6.10 Å². The van der Waals surface area contributed by atoms with Gasteiger partial charge in [-0.15, -0.1) is 0 Å². The quantitative estimate of drug-likeness (QED) is 0.245. The highest BCUT2D eigenvalue weighted by Gasteiger charge is 2.27. The zero-order valence-corrected chi connectivity index (χ0v) is 21.6. The van der Waals surface area contributed by atoms with E-state index in [-0.39, 0.29) is 12.4 Å². The molecule has 0 N–H and O–H groups in total. The second-order valence-electron chi connectivity index (χ2n) is 8.79. The number of ether oxygens (including phenoxy) is 3. The van der Waals surface area contributed by atoms with Crippen LogP contribution in [0.25, 0.3) is 21.9 Å². The van der Waals surface area contributed by atoms with Gasteiger partial charge in [-0.25, -0.2) is 0 Å². The van der Waals surface area contributed by atoms with E-state index in [1.54, 1.807) is 19.5 Å². The molecule has 1 aliphatic rings. The largest absolute Gasteiger partial charge is 0.454 e. The monoisotopic (exact) mass is 554 g/mol. The summed E-state index contributed by atoms with van der Waals surface area (Å²) in [6.45, 7) is 0.530. The van der Waals surface area contributed by atoms with E-state index >= 15 is 0 Å². The maximum atomic E-state index is 14.2. The second kappa shape index (κ2) is 9.84. The summed E-state index contributed by atoms with van der Waals surface area (Å²) < 4.78 is 19.9. The average Bonchev–Trinajstić information content (AvgIpc) is 3.40. The molecule has 6 nitrogen and oxygen atoms in total. The van der Waals surface area contributed by atoms with E-state index in [4.69, 9.17) is 14.2 Å². The van der Waals surface area contributed by atoms with Gasteiger partial charge in [0, 0.05) is 34.9 Å². The first-order chi connectivity index (χ1) is 18.1. The van der Waals surface area contributed by atoms with Crippen LogP contribution in [-0.2, 0) is 11.3 Å². The van der Waals surface area contributed by atoms with Crippen LogP contribution in [0, 0.1) is 0 Å². The van der Waals surface area contributed by atoms with Crippen LogP contribution in [0.2, 0.25) is 0 Å². The van der Waals surface area contributed by atoms with Crippen LogP contribution in [0.5, 0.6) is 11.5 Å². The van der Waals surface area contributed by atoms with E-state index in [0.29, 0.717) is 23.4 Å². The third-order valence-corrected chi connectivity index (χ3v) is 7.10. The van der Waals surface area contributed by atoms with Crippen LogP contribution >= 0.6 is 15.9 Å². The van der Waals surface area contributed by atoms with Crippen molar-refractivity contribution in [1.29, 1.82) is 0 Å². The fourth-order valence-electron chi connectivity index (χ4n) is 4.94. The molecule has 3 aromatic carbocycles. The predicted octanol–water partition coefficient (Wildman–Crippen LogP) is 6.34. The summed E-state index contributed by atoms with van der Waals surface area (Å²) in [6.07, 6.45) is 2.96. The minimum Gasteiger partial charge on any atom is -0.454 e. The topological polar surface area (TPSA) is 62.6 Å². The van der Waals surface area contributed by atoms with Gasteiger partial charge in [-0.3, -0.25) is 9.78 Å². The number of rotatable bonds is 6. The lowest BCUT2D eigenvalue weighted by Gasteiger charge is -2.26. The average molecular weight is 555 g/mol. The number of fused-ring (bicyclic) bond motifs is 2. The molecule has 6 rings (SSSR count). The normalized spacial score (nSPS) is 13.1. The molecule has 184 valence electrons. The number of pyridine rings is 2. The molecule has 0 fully saturated rings. The Labute approximate surface area is 222 Å². The minimum atomic E-state index is -0.511. The minimum absolute atomic E-state index is 0.0917. The van der Waals surface area contributed by atoms with Gasteiger partial charge in [0.25, 0.3) is 5.56 Å². The van der Waals surface area contributed by atoms with Crippen molar-refractivity contribution < 1.29 is 14.2 Å². The van der Waals surface area contributed by atoms with Gasteiger partial charge in [-0.05, 0) is 64.5 Å². The van der Waals surface area contributed by atoms with Crippen molar-refractivity contribution >= 4 is 26.7 Å². The first-order valence-electron chi connectivity index (χ1n) is 11.9. The number of halogens is 1. The number of benzene rings is 3. The molecule has 5 aromatic rings. The van der Waals surface area contributed by atoms with Crippen molar-refractivity contribution in [1.82, 2.24) is 9.55 Å². The molecular weight excluding hydrogens is 532 g/mol. The molecule has 37 heavy (non-hydrogen) atoms. The van der Waals surface area contributed by atoms with E-state index in [2.05, 4.69) is 33.0 Å². The summed E-state index contributed by atoms with van der Waals surface area (Å²) in [5, 5.41) is 1.50. The number of methoxy groups -OCH3 is 1. The predicted molar refractivity (Wildman–Crippen MR) is 146 cm³/mol. The van der Waals surface area contributed by atoms with Crippen LogP contribution in [0.1, 0.15) is 22.9 Å². The fourth-order valence-corrected chi connectivity index (χ4v) is 5.30. The Bertz CT molecular complexity index is 1650. The summed E-state index contributed by atoms with van der Waals surface area (Å²) in [4.78, 5) is 18.3. The molecule has 0 amide bonds. The van der Waals surface area contributed by atoms with Gasteiger partial charge >= 0.3 is 0 Å². The van der Waals surface area contributed by atoms with Crippen molar-refractivity contribution in [2.45, 2.75) is 12.6 Å². The van der Waals surface area contributed by atoms with E-state index in [1.165, 1.54) is 0 Å². The number of hydrogen-bond donors (Lipinski definition) is 0. The number of aromatic nitrogens is 2. The Morgan fingerprint density at radius 1 is 0.946 bits per heavy atom. The Balaban J connectivity index is 1.69. The van der Waals surface area contributed by atoms with E-state index in [1.807, 2.05) is 71.3 Å². The van der Waals surface area contributed by atoms with Crippen LogP contribution < -0.4 is 15.0 Å². The lowest BCUT2D eigenvalue weighted by molar-refractivity contribution is 0.129. The summed E-state index contributed by atoms with van der Waals surface area (Å²) in [7, 11) is 1.67. The number of hydrogen-bond acceptors (Lipinski definition) is 5. The van der Waals surface area contributed by atoms with Gasteiger partial charge in [0.15, 0.2) is 11.5 Å². The molecule has 1 atom stereocenters. The molecule has 2 aromatic heterocycles. The van der Waals surface area contributed by atoms with Crippen molar-refractivity contribution in [3.8, 4) is 22.6 Å². The molecule has 7 heteroatoms. The van der Waals surface area contributed by atoms with Crippen LogP contribution in [0.3, 0.4) is 0 Å². The highest BCUT2D eigenvalue weighted by Crippen LogP contribution is 2.39. The molecule has 1 aliphatic heterocycles. The number of nitrogens with zero attached hydrogens (tertiary/aromatic N) is 2. The Morgan fingerprint density at radius 2 is 1.73 bits per heavy atom. The van der Waals surface area contributed by atoms with Gasteiger partial charge in [-0.1, -0.05) is 52.3 Å². The molecule has 0 saturated heterocycles. The van der Waals surface area contributed by atoms with Gasteiger partial charge in [0.05, 0.1) is 12.2 Å². The summed E-state index contributed by atoms with van der Waals surface area (Å²) in [5.41, 5.74) is 4.45. The Morgan fingerprint density at radius 3 is 2.51 bits per heavy atom. The molecule has 0 spiro atoms. The van der Waals surface area contributed by atoms with Gasteiger partial charge in [0.2, 0.25) is 6.79 Å². The fraction of sp³-hybridized carbons (Fsp3) is 0.133. The molecule has 0 aliphatic carbocycles. The summed E-state index contributed by atoms with van der Waals surface area (Å²) >= 11 is 3.61. The SMILES string of the molecule is COC(c1ccncc1)c1c(-c2ccccc2)c2cc(Br)ccc2c(=O)n1Cc1ccc2c(c1)OCO2. The lowest BCUT2D eigenvalue weighted by atomic mass is 9.92.